The molecule has 0 saturated carbocycles. The lowest BCUT2D eigenvalue weighted by atomic mass is 9.98. The summed E-state index contributed by atoms with van der Waals surface area (Å²) in [5.74, 6) is -1.08. The first kappa shape index (κ1) is 13.1. The summed E-state index contributed by atoms with van der Waals surface area (Å²) in [6.07, 6.45) is 4.67. The summed E-state index contributed by atoms with van der Waals surface area (Å²) in [6, 6.07) is -1.07. The van der Waals surface area contributed by atoms with Gasteiger partial charge in [-0.2, -0.15) is 0 Å². The summed E-state index contributed by atoms with van der Waals surface area (Å²) >= 11 is 0. The number of carbonyl (C=O) groups excluding carboxylic acids is 1. The predicted octanol–water partition coefficient (Wildman–Crippen LogP) is -0.110. The van der Waals surface area contributed by atoms with Gasteiger partial charge in [-0.15, -0.1) is 0 Å². The van der Waals surface area contributed by atoms with Gasteiger partial charge in [0.2, 0.25) is 5.91 Å². The number of carboxylic acid groups (broad SMARTS) is 1. The normalized spacial score (nSPS) is 26.1. The Bertz CT molecular complexity index is 521. The maximum absolute atomic E-state index is 12.6. The van der Waals surface area contributed by atoms with E-state index in [4.69, 9.17) is 0 Å². The molecule has 1 unspecified atom stereocenters. The predicted molar refractivity (Wildman–Crippen MR) is 69.9 cm³/mol. The summed E-state index contributed by atoms with van der Waals surface area (Å²) in [4.78, 5) is 32.6. The molecule has 1 amide bonds. The number of imidazole rings is 1. The first-order valence-electron chi connectivity index (χ1n) is 6.94. The van der Waals surface area contributed by atoms with E-state index in [0.717, 1.165) is 37.2 Å². The van der Waals surface area contributed by atoms with E-state index < -0.39 is 12.0 Å². The molecule has 1 aromatic heterocycles. The number of hydrogen-bond donors (Lipinski definition) is 3. The van der Waals surface area contributed by atoms with Crippen molar-refractivity contribution in [2.45, 2.75) is 44.3 Å². The van der Waals surface area contributed by atoms with E-state index in [2.05, 4.69) is 15.3 Å². The van der Waals surface area contributed by atoms with Gasteiger partial charge in [0.15, 0.2) is 0 Å². The minimum atomic E-state index is -0.970. The summed E-state index contributed by atoms with van der Waals surface area (Å²) in [7, 11) is 0. The highest BCUT2D eigenvalue weighted by molar-refractivity contribution is 5.87. The summed E-state index contributed by atoms with van der Waals surface area (Å²) < 4.78 is 0. The minimum absolute atomic E-state index is 0.114. The molecule has 0 bridgehead atoms. The fourth-order valence-corrected chi connectivity index (χ4v) is 2.95. The third-order valence-electron chi connectivity index (χ3n) is 4.08. The van der Waals surface area contributed by atoms with E-state index in [-0.39, 0.29) is 18.4 Å². The molecule has 2 aliphatic rings. The zero-order valence-electron chi connectivity index (χ0n) is 11.1. The van der Waals surface area contributed by atoms with Crippen LogP contribution in [0.4, 0.5) is 0 Å². The van der Waals surface area contributed by atoms with Crippen molar-refractivity contribution in [2.24, 2.45) is 0 Å². The topological polar surface area (TPSA) is 98.3 Å². The second-order valence-electron chi connectivity index (χ2n) is 5.35. The zero-order valence-corrected chi connectivity index (χ0v) is 11.1. The smallest absolute Gasteiger partial charge is 0.326 e. The van der Waals surface area contributed by atoms with Crippen LogP contribution in [0.2, 0.25) is 0 Å². The van der Waals surface area contributed by atoms with Crippen molar-refractivity contribution >= 4 is 11.9 Å². The van der Waals surface area contributed by atoms with Crippen molar-refractivity contribution < 1.29 is 14.7 Å². The van der Waals surface area contributed by atoms with Gasteiger partial charge in [0.05, 0.1) is 30.3 Å². The number of fused-ring (bicyclic) bond motifs is 1. The van der Waals surface area contributed by atoms with E-state index in [9.17, 15) is 14.7 Å². The molecular weight excluding hydrogens is 260 g/mol. The molecule has 2 atom stereocenters. The molecule has 20 heavy (non-hydrogen) atoms. The van der Waals surface area contributed by atoms with Gasteiger partial charge in [-0.3, -0.25) is 4.79 Å². The molecule has 1 saturated heterocycles. The molecule has 108 valence electrons. The molecular formula is C13H18N4O3. The molecule has 3 N–H and O–H groups in total. The second-order valence-corrected chi connectivity index (χ2v) is 5.35. The van der Waals surface area contributed by atoms with Crippen molar-refractivity contribution in [1.82, 2.24) is 20.2 Å². The molecule has 7 nitrogen and oxygen atoms in total. The van der Waals surface area contributed by atoms with Gasteiger partial charge in [-0.25, -0.2) is 9.78 Å². The van der Waals surface area contributed by atoms with Crippen LogP contribution in [0.25, 0.3) is 0 Å². The molecule has 3 heterocycles. The van der Waals surface area contributed by atoms with Crippen molar-refractivity contribution in [1.29, 1.82) is 0 Å². The van der Waals surface area contributed by atoms with Gasteiger partial charge >= 0.3 is 5.97 Å². The highest BCUT2D eigenvalue weighted by atomic mass is 16.4. The molecule has 7 heteroatoms. The fourth-order valence-electron chi connectivity index (χ4n) is 2.95. The number of aromatic nitrogens is 2. The Labute approximate surface area is 116 Å². The minimum Gasteiger partial charge on any atom is -0.480 e. The molecule has 1 aromatic rings. The SMILES string of the molecule is O=C(O)C1Cc2nc[nH]c2CN1C(=O)[C@H]1CCCCN1. The van der Waals surface area contributed by atoms with Gasteiger partial charge in [-0.1, -0.05) is 6.42 Å². The second kappa shape index (κ2) is 5.24. The van der Waals surface area contributed by atoms with Gasteiger partial charge in [0, 0.05) is 6.42 Å². The Balaban J connectivity index is 1.82. The lowest BCUT2D eigenvalue weighted by molar-refractivity contribution is -0.152. The monoisotopic (exact) mass is 278 g/mol. The van der Waals surface area contributed by atoms with E-state index in [1.54, 1.807) is 6.33 Å². The molecule has 2 aliphatic heterocycles. The highest BCUT2D eigenvalue weighted by Crippen LogP contribution is 2.23. The molecule has 0 aliphatic carbocycles. The number of carboxylic acids is 1. The maximum Gasteiger partial charge on any atom is 0.326 e. The Hall–Kier alpha value is -1.89. The van der Waals surface area contributed by atoms with Crippen LogP contribution < -0.4 is 5.32 Å². The third kappa shape index (κ3) is 2.29. The number of nitrogens with zero attached hydrogens (tertiary/aromatic N) is 2. The standard InChI is InChI=1S/C13H18N4O3/c18-12(8-3-1-2-4-14-8)17-6-10-9(15-7-16-10)5-11(17)13(19)20/h7-8,11,14H,1-6H2,(H,15,16)(H,19,20)/t8-,11?/m1/s1. The molecule has 3 rings (SSSR count). The average molecular weight is 278 g/mol. The summed E-state index contributed by atoms with van der Waals surface area (Å²) in [5, 5.41) is 12.6. The van der Waals surface area contributed by atoms with Crippen LogP contribution in [-0.4, -0.2) is 50.5 Å². The van der Waals surface area contributed by atoms with Crippen LogP contribution in [-0.2, 0) is 22.6 Å². The molecule has 0 aromatic carbocycles. The Kier molecular flexibility index (Phi) is 3.43. The van der Waals surface area contributed by atoms with Gasteiger partial charge in [-0.05, 0) is 19.4 Å². The van der Waals surface area contributed by atoms with Crippen LogP contribution in [0.3, 0.4) is 0 Å². The number of rotatable bonds is 2. The third-order valence-corrected chi connectivity index (χ3v) is 4.08. The van der Waals surface area contributed by atoms with E-state index >= 15 is 0 Å². The number of H-pyrrole nitrogens is 1. The van der Waals surface area contributed by atoms with Crippen molar-refractivity contribution in [3.8, 4) is 0 Å². The van der Waals surface area contributed by atoms with Crippen LogP contribution in [0.15, 0.2) is 6.33 Å². The van der Waals surface area contributed by atoms with Crippen molar-refractivity contribution in [3.63, 3.8) is 0 Å². The Morgan fingerprint density at radius 2 is 2.25 bits per heavy atom. The first-order valence-corrected chi connectivity index (χ1v) is 6.94. The fraction of sp³-hybridized carbons (Fsp3) is 0.615. The van der Waals surface area contributed by atoms with Crippen LogP contribution >= 0.6 is 0 Å². The van der Waals surface area contributed by atoms with Gasteiger partial charge in [0.1, 0.15) is 6.04 Å². The first-order chi connectivity index (χ1) is 9.66. The van der Waals surface area contributed by atoms with Crippen LogP contribution in [0.1, 0.15) is 30.7 Å². The molecule has 0 radical (unpaired) electrons. The number of aromatic amines is 1. The number of amides is 1. The van der Waals surface area contributed by atoms with E-state index in [1.807, 2.05) is 0 Å². The number of carbonyl (C=O) groups is 2. The average Bonchev–Trinajstić information content (AvgIpc) is 2.93. The largest absolute Gasteiger partial charge is 0.480 e. The molecule has 0 spiro atoms. The number of piperidine rings is 1. The molecule has 1 fully saturated rings. The van der Waals surface area contributed by atoms with Crippen molar-refractivity contribution in [2.75, 3.05) is 6.54 Å². The lowest BCUT2D eigenvalue weighted by Crippen LogP contribution is -2.55. The van der Waals surface area contributed by atoms with Gasteiger partial charge in [0.25, 0.3) is 0 Å². The lowest BCUT2D eigenvalue weighted by Gasteiger charge is -2.36. The Morgan fingerprint density at radius 3 is 2.95 bits per heavy atom. The van der Waals surface area contributed by atoms with Crippen LogP contribution in [0, 0.1) is 0 Å². The number of hydrogen-bond acceptors (Lipinski definition) is 4. The maximum atomic E-state index is 12.6. The summed E-state index contributed by atoms with van der Waals surface area (Å²) in [6.45, 7) is 1.11. The zero-order chi connectivity index (χ0) is 14.1. The Morgan fingerprint density at radius 1 is 1.40 bits per heavy atom. The highest BCUT2D eigenvalue weighted by Gasteiger charge is 2.38. The van der Waals surface area contributed by atoms with Crippen molar-refractivity contribution in [3.05, 3.63) is 17.7 Å². The number of aliphatic carboxylic acids is 1. The van der Waals surface area contributed by atoms with E-state index in [1.165, 1.54) is 4.90 Å². The van der Waals surface area contributed by atoms with Crippen LogP contribution in [0.5, 0.6) is 0 Å². The van der Waals surface area contributed by atoms with E-state index in [0.29, 0.717) is 6.54 Å². The quantitative estimate of drug-likeness (QED) is 0.701. The van der Waals surface area contributed by atoms with Gasteiger partial charge < -0.3 is 20.3 Å². The summed E-state index contributed by atoms with van der Waals surface area (Å²) in [5.41, 5.74) is 1.59. The number of nitrogens with one attached hydrogen (secondary N) is 2.